The number of aliphatic carboxylic acids is 1. The maximum absolute atomic E-state index is 13.3. The molecule has 1 N–H and O–H groups in total. The quantitative estimate of drug-likeness (QED) is 0.676. The van der Waals surface area contributed by atoms with Gasteiger partial charge in [-0.05, 0) is 16.8 Å². The summed E-state index contributed by atoms with van der Waals surface area (Å²) in [4.78, 5) is 23.7. The van der Waals surface area contributed by atoms with Crippen LogP contribution in [0.1, 0.15) is 15.9 Å². The zero-order valence-electron chi connectivity index (χ0n) is 12.1. The van der Waals surface area contributed by atoms with Crippen LogP contribution in [-0.4, -0.2) is 30.6 Å². The summed E-state index contributed by atoms with van der Waals surface area (Å²) in [5, 5.41) is 9.61. The smallest absolute Gasteiger partial charge is 0.417 e. The van der Waals surface area contributed by atoms with Gasteiger partial charge in [-0.3, -0.25) is 9.59 Å². The minimum Gasteiger partial charge on any atom is -0.481 e. The Morgan fingerprint density at radius 2 is 1.83 bits per heavy atom. The van der Waals surface area contributed by atoms with Crippen molar-refractivity contribution in [1.29, 1.82) is 0 Å². The fourth-order valence-corrected chi connectivity index (χ4v) is 2.37. The maximum Gasteiger partial charge on any atom is 0.417 e. The summed E-state index contributed by atoms with van der Waals surface area (Å²) in [5.41, 5.74) is -1.79. The number of halogens is 3. The molecule has 122 valence electrons. The Labute approximate surface area is 129 Å². The normalized spacial score (nSPS) is 13.0. The van der Waals surface area contributed by atoms with E-state index in [1.165, 1.54) is 25.3 Å². The van der Waals surface area contributed by atoms with Crippen LogP contribution >= 0.6 is 0 Å². The van der Waals surface area contributed by atoms with Gasteiger partial charge in [-0.15, -0.1) is 0 Å². The zero-order valence-corrected chi connectivity index (χ0v) is 12.1. The summed E-state index contributed by atoms with van der Waals surface area (Å²) in [7, 11) is 1.18. The topological polar surface area (TPSA) is 63.6 Å². The van der Waals surface area contributed by atoms with Crippen molar-refractivity contribution in [2.45, 2.75) is 6.18 Å². The number of carbonyl (C=O) groups excluding carboxylic acids is 1. The number of carbonyl (C=O) groups is 2. The van der Waals surface area contributed by atoms with Gasteiger partial charge in [0, 0.05) is 12.7 Å². The van der Waals surface area contributed by atoms with Crippen molar-refractivity contribution in [3.63, 3.8) is 0 Å². The van der Waals surface area contributed by atoms with Gasteiger partial charge in [0.1, 0.15) is 5.92 Å². The van der Waals surface area contributed by atoms with Crippen molar-refractivity contribution in [1.82, 2.24) is 0 Å². The molecule has 0 amide bonds. The predicted octanol–water partition coefficient (Wildman–Crippen LogP) is 3.39. The Kier molecular flexibility index (Phi) is 4.70. The second-order valence-corrected chi connectivity index (χ2v) is 4.92. The lowest BCUT2D eigenvalue weighted by Gasteiger charge is -2.17. The van der Waals surface area contributed by atoms with Crippen LogP contribution in [0.4, 0.5) is 13.2 Å². The molecule has 0 aliphatic rings. The first-order valence-corrected chi connectivity index (χ1v) is 6.62. The lowest BCUT2D eigenvalue weighted by molar-refractivity contribution is -0.142. The number of hydrogen-bond donors (Lipinski definition) is 1. The number of Topliss-reactive ketones (excluding diaryl/α,β-unsaturated/α-hetero) is 1. The molecular formula is C16H13F3O4. The number of hydrogen-bond acceptors (Lipinski definition) is 3. The van der Waals surface area contributed by atoms with Gasteiger partial charge < -0.3 is 9.84 Å². The molecule has 0 fully saturated rings. The van der Waals surface area contributed by atoms with E-state index in [-0.39, 0.29) is 5.39 Å². The first-order chi connectivity index (χ1) is 10.8. The van der Waals surface area contributed by atoms with E-state index in [0.29, 0.717) is 5.39 Å². The molecule has 0 saturated carbocycles. The van der Waals surface area contributed by atoms with Gasteiger partial charge >= 0.3 is 12.1 Å². The summed E-state index contributed by atoms with van der Waals surface area (Å²) in [6.45, 7) is -0.505. The number of methoxy groups -OCH3 is 1. The van der Waals surface area contributed by atoms with Gasteiger partial charge in [-0.25, -0.2) is 0 Å². The average molecular weight is 326 g/mol. The van der Waals surface area contributed by atoms with Crippen molar-refractivity contribution in [3.8, 4) is 0 Å². The number of fused-ring (bicyclic) bond motifs is 1. The van der Waals surface area contributed by atoms with Gasteiger partial charge in [0.15, 0.2) is 5.78 Å². The molecule has 2 aromatic carbocycles. The second kappa shape index (κ2) is 6.37. The third-order valence-electron chi connectivity index (χ3n) is 3.43. The molecule has 0 aliphatic heterocycles. The molecule has 4 nitrogen and oxygen atoms in total. The molecule has 23 heavy (non-hydrogen) atoms. The van der Waals surface area contributed by atoms with E-state index in [0.717, 1.165) is 6.07 Å². The van der Waals surface area contributed by atoms with Crippen LogP contribution in [0.3, 0.4) is 0 Å². The molecule has 0 radical (unpaired) electrons. The number of ketones is 1. The standard InChI is InChI=1S/C16H13F3O4/c1-23-8-11(15(21)22)14(20)13-10-5-3-2-4-9(10)6-7-12(13)16(17,18)19/h2-7,11H,8H2,1H3,(H,21,22). The molecular weight excluding hydrogens is 313 g/mol. The summed E-state index contributed by atoms with van der Waals surface area (Å²) in [5.74, 6) is -4.35. The van der Waals surface area contributed by atoms with E-state index in [4.69, 9.17) is 5.11 Å². The minimum atomic E-state index is -4.77. The molecule has 0 heterocycles. The van der Waals surface area contributed by atoms with Crippen LogP contribution < -0.4 is 0 Å². The van der Waals surface area contributed by atoms with Crippen LogP contribution in [0, 0.1) is 5.92 Å². The molecule has 7 heteroatoms. The van der Waals surface area contributed by atoms with Gasteiger partial charge in [0.2, 0.25) is 0 Å². The van der Waals surface area contributed by atoms with Crippen molar-refractivity contribution in [3.05, 3.63) is 47.5 Å². The van der Waals surface area contributed by atoms with Crippen LogP contribution in [0.15, 0.2) is 36.4 Å². The number of rotatable bonds is 5. The highest BCUT2D eigenvalue weighted by molar-refractivity contribution is 6.16. The monoisotopic (exact) mass is 326 g/mol. The summed E-state index contributed by atoms with van der Waals surface area (Å²) in [6, 6.07) is 8.07. The third kappa shape index (κ3) is 3.34. The van der Waals surface area contributed by atoms with E-state index >= 15 is 0 Å². The van der Waals surface area contributed by atoms with Gasteiger partial charge in [0.25, 0.3) is 0 Å². The van der Waals surface area contributed by atoms with Crippen molar-refractivity contribution < 1.29 is 32.6 Å². The minimum absolute atomic E-state index is 0.0645. The lowest BCUT2D eigenvalue weighted by Crippen LogP contribution is -2.30. The van der Waals surface area contributed by atoms with Gasteiger partial charge in [-0.1, -0.05) is 30.3 Å². The van der Waals surface area contributed by atoms with Crippen molar-refractivity contribution in [2.24, 2.45) is 5.92 Å². The molecule has 2 rings (SSSR count). The third-order valence-corrected chi connectivity index (χ3v) is 3.43. The highest BCUT2D eigenvalue weighted by Crippen LogP contribution is 2.36. The van der Waals surface area contributed by atoms with Gasteiger partial charge in [0.05, 0.1) is 12.2 Å². The molecule has 0 aromatic heterocycles. The highest BCUT2D eigenvalue weighted by Gasteiger charge is 2.39. The Hall–Kier alpha value is -2.41. The van der Waals surface area contributed by atoms with Crippen LogP contribution in [0.5, 0.6) is 0 Å². The molecule has 0 saturated heterocycles. The Morgan fingerprint density at radius 3 is 2.39 bits per heavy atom. The number of benzene rings is 2. The van der Waals surface area contributed by atoms with E-state index in [1.54, 1.807) is 12.1 Å². The molecule has 2 aromatic rings. The first-order valence-electron chi connectivity index (χ1n) is 6.62. The summed E-state index contributed by atoms with van der Waals surface area (Å²) < 4.78 is 44.4. The first kappa shape index (κ1) is 17.0. The molecule has 1 unspecified atom stereocenters. The molecule has 0 spiro atoms. The number of carboxylic acids is 1. The van der Waals surface area contributed by atoms with E-state index in [2.05, 4.69) is 4.74 Å². The lowest BCUT2D eigenvalue weighted by atomic mass is 9.89. The Bertz CT molecular complexity index is 753. The number of ether oxygens (including phenoxy) is 1. The zero-order chi connectivity index (χ0) is 17.2. The summed E-state index contributed by atoms with van der Waals surface area (Å²) in [6.07, 6.45) is -4.77. The second-order valence-electron chi connectivity index (χ2n) is 4.92. The number of alkyl halides is 3. The van der Waals surface area contributed by atoms with Crippen LogP contribution in [0.25, 0.3) is 10.8 Å². The largest absolute Gasteiger partial charge is 0.481 e. The highest BCUT2D eigenvalue weighted by atomic mass is 19.4. The van der Waals surface area contributed by atoms with E-state index < -0.39 is 41.6 Å². The van der Waals surface area contributed by atoms with E-state index in [9.17, 15) is 22.8 Å². The molecule has 0 bridgehead atoms. The SMILES string of the molecule is COCC(C(=O)O)C(=O)c1c(C(F)(F)F)ccc2ccccc12. The average Bonchev–Trinajstić information content (AvgIpc) is 2.49. The molecule has 1 atom stereocenters. The summed E-state index contributed by atoms with van der Waals surface area (Å²) >= 11 is 0. The predicted molar refractivity (Wildman–Crippen MR) is 76.3 cm³/mol. The maximum atomic E-state index is 13.3. The fourth-order valence-electron chi connectivity index (χ4n) is 2.37. The Balaban J connectivity index is 2.74. The van der Waals surface area contributed by atoms with Crippen LogP contribution in [-0.2, 0) is 15.7 Å². The van der Waals surface area contributed by atoms with E-state index in [1.807, 2.05) is 0 Å². The number of carboxylic acid groups (broad SMARTS) is 1. The Morgan fingerprint density at radius 1 is 1.17 bits per heavy atom. The van der Waals surface area contributed by atoms with Crippen molar-refractivity contribution >= 4 is 22.5 Å². The van der Waals surface area contributed by atoms with Crippen molar-refractivity contribution in [2.75, 3.05) is 13.7 Å². The van der Waals surface area contributed by atoms with Crippen LogP contribution in [0.2, 0.25) is 0 Å². The fraction of sp³-hybridized carbons (Fsp3) is 0.250. The van der Waals surface area contributed by atoms with Gasteiger partial charge in [-0.2, -0.15) is 13.2 Å². The molecule has 0 aliphatic carbocycles.